The molecule has 0 aliphatic carbocycles. The molecule has 1 N–H and O–H groups in total. The number of nitrogens with one attached hydrogen (secondary N) is 1. The number of halogens is 4. The molecule has 1 heterocycles. The highest BCUT2D eigenvalue weighted by molar-refractivity contribution is 5.41. The van der Waals surface area contributed by atoms with Gasteiger partial charge in [-0.05, 0) is 36.8 Å². The molecule has 1 unspecified atom stereocenters. The van der Waals surface area contributed by atoms with Gasteiger partial charge < -0.3 is 5.32 Å². The predicted octanol–water partition coefficient (Wildman–Crippen LogP) is 4.41. The quantitative estimate of drug-likeness (QED) is 0.844. The number of benzene rings is 1. The van der Waals surface area contributed by atoms with Crippen molar-refractivity contribution in [3.63, 3.8) is 0 Å². The van der Waals surface area contributed by atoms with Crippen molar-refractivity contribution >= 4 is 5.82 Å². The third-order valence-electron chi connectivity index (χ3n) is 2.80. The molecule has 0 fully saturated rings. The molecule has 2 aromatic rings. The zero-order valence-electron chi connectivity index (χ0n) is 10.6. The van der Waals surface area contributed by atoms with E-state index in [1.54, 1.807) is 19.1 Å². The van der Waals surface area contributed by atoms with E-state index < -0.39 is 17.6 Å². The van der Waals surface area contributed by atoms with Crippen molar-refractivity contribution in [1.82, 2.24) is 4.98 Å². The van der Waals surface area contributed by atoms with E-state index in [9.17, 15) is 17.6 Å². The van der Waals surface area contributed by atoms with Crippen LogP contribution in [0.5, 0.6) is 0 Å². The highest BCUT2D eigenvalue weighted by Gasteiger charge is 2.30. The smallest absolute Gasteiger partial charge is 0.364 e. The average Bonchev–Trinajstić information content (AvgIpc) is 2.38. The van der Waals surface area contributed by atoms with Gasteiger partial charge in [0, 0.05) is 6.20 Å². The van der Waals surface area contributed by atoms with Gasteiger partial charge >= 0.3 is 6.18 Å². The second-order valence-corrected chi connectivity index (χ2v) is 4.35. The minimum Gasteiger partial charge on any atom is -0.364 e. The first-order valence-corrected chi connectivity index (χ1v) is 5.91. The van der Waals surface area contributed by atoms with Gasteiger partial charge in [-0.25, -0.2) is 9.37 Å². The number of anilines is 1. The molecule has 2 rings (SSSR count). The van der Waals surface area contributed by atoms with Crippen LogP contribution in [0.25, 0.3) is 0 Å². The van der Waals surface area contributed by atoms with Crippen molar-refractivity contribution < 1.29 is 17.6 Å². The van der Waals surface area contributed by atoms with Crippen LogP contribution in [0.1, 0.15) is 24.1 Å². The lowest BCUT2D eigenvalue weighted by atomic mass is 10.1. The van der Waals surface area contributed by atoms with Crippen LogP contribution in [0, 0.1) is 5.82 Å². The minimum absolute atomic E-state index is 0.0941. The van der Waals surface area contributed by atoms with E-state index in [2.05, 4.69) is 10.3 Å². The normalized spacial score (nSPS) is 13.1. The number of hydrogen-bond acceptors (Lipinski definition) is 2. The summed E-state index contributed by atoms with van der Waals surface area (Å²) >= 11 is 0. The Morgan fingerprint density at radius 2 is 1.90 bits per heavy atom. The summed E-state index contributed by atoms with van der Waals surface area (Å²) in [6.07, 6.45) is -3.33. The molecule has 0 aliphatic heterocycles. The molecule has 2 nitrogen and oxygen atoms in total. The summed E-state index contributed by atoms with van der Waals surface area (Å²) in [7, 11) is 0. The van der Waals surface area contributed by atoms with Crippen LogP contribution in [0.4, 0.5) is 23.4 Å². The molecular weight excluding hydrogens is 272 g/mol. The standard InChI is InChI=1S/C14H12F4N2/c1-9(10-3-2-4-12(15)7-10)20-13-8-11(5-6-19-13)14(16,17)18/h2-9H,1H3,(H,19,20). The van der Waals surface area contributed by atoms with Crippen LogP contribution in [-0.2, 0) is 6.18 Å². The highest BCUT2D eigenvalue weighted by Crippen LogP contribution is 2.30. The van der Waals surface area contributed by atoms with Gasteiger partial charge in [0.05, 0.1) is 11.6 Å². The number of rotatable bonds is 3. The molecular formula is C14H12F4N2. The molecule has 0 aliphatic rings. The van der Waals surface area contributed by atoms with Gasteiger partial charge in [0.25, 0.3) is 0 Å². The van der Waals surface area contributed by atoms with Crippen LogP contribution < -0.4 is 5.32 Å². The molecule has 0 spiro atoms. The Balaban J connectivity index is 2.18. The van der Waals surface area contributed by atoms with E-state index >= 15 is 0 Å². The van der Waals surface area contributed by atoms with Crippen LogP contribution in [0.2, 0.25) is 0 Å². The second kappa shape index (κ2) is 5.48. The highest BCUT2D eigenvalue weighted by atomic mass is 19.4. The molecule has 1 aromatic carbocycles. The van der Waals surface area contributed by atoms with E-state index in [0.717, 1.165) is 18.3 Å². The SMILES string of the molecule is CC(Nc1cc(C(F)(F)F)ccn1)c1cccc(F)c1. The number of aromatic nitrogens is 1. The lowest BCUT2D eigenvalue weighted by Crippen LogP contribution is -2.10. The third kappa shape index (κ3) is 3.46. The Morgan fingerprint density at radius 3 is 2.55 bits per heavy atom. The summed E-state index contributed by atoms with van der Waals surface area (Å²) in [5.74, 6) is -0.301. The lowest BCUT2D eigenvalue weighted by Gasteiger charge is -2.16. The molecule has 106 valence electrons. The van der Waals surface area contributed by atoms with Crippen molar-refractivity contribution in [2.45, 2.75) is 19.1 Å². The summed E-state index contributed by atoms with van der Waals surface area (Å²) in [6.45, 7) is 1.72. The Hall–Kier alpha value is -2.11. The van der Waals surface area contributed by atoms with Gasteiger partial charge in [-0.2, -0.15) is 13.2 Å². The molecule has 20 heavy (non-hydrogen) atoms. The Bertz CT molecular complexity index is 596. The molecule has 0 saturated heterocycles. The van der Waals surface area contributed by atoms with Gasteiger partial charge in [0.2, 0.25) is 0 Å². The van der Waals surface area contributed by atoms with Gasteiger partial charge in [-0.1, -0.05) is 12.1 Å². The fourth-order valence-electron chi connectivity index (χ4n) is 1.77. The number of alkyl halides is 3. The number of hydrogen-bond donors (Lipinski definition) is 1. The first kappa shape index (κ1) is 14.3. The van der Waals surface area contributed by atoms with E-state index in [1.165, 1.54) is 12.1 Å². The fraction of sp³-hybridized carbons (Fsp3) is 0.214. The summed E-state index contributed by atoms with van der Waals surface area (Å²) < 4.78 is 50.8. The fourth-order valence-corrected chi connectivity index (χ4v) is 1.77. The summed E-state index contributed by atoms with van der Waals surface area (Å²) in [5, 5.41) is 2.82. The first-order chi connectivity index (χ1) is 9.36. The minimum atomic E-state index is -4.42. The maximum absolute atomic E-state index is 13.1. The largest absolute Gasteiger partial charge is 0.416 e. The molecule has 0 radical (unpaired) electrons. The zero-order chi connectivity index (χ0) is 14.8. The Kier molecular flexibility index (Phi) is 3.92. The molecule has 0 bridgehead atoms. The molecule has 1 atom stereocenters. The van der Waals surface area contributed by atoms with Crippen molar-refractivity contribution in [2.24, 2.45) is 0 Å². The average molecular weight is 284 g/mol. The van der Waals surface area contributed by atoms with Crippen LogP contribution in [0.15, 0.2) is 42.6 Å². The van der Waals surface area contributed by atoms with Crippen LogP contribution >= 0.6 is 0 Å². The Morgan fingerprint density at radius 1 is 1.15 bits per heavy atom. The van der Waals surface area contributed by atoms with Crippen molar-refractivity contribution in [2.75, 3.05) is 5.32 Å². The topological polar surface area (TPSA) is 24.9 Å². The maximum Gasteiger partial charge on any atom is 0.416 e. The van der Waals surface area contributed by atoms with E-state index in [0.29, 0.717) is 5.56 Å². The van der Waals surface area contributed by atoms with E-state index in [-0.39, 0.29) is 11.9 Å². The van der Waals surface area contributed by atoms with E-state index in [1.807, 2.05) is 0 Å². The Labute approximate surface area is 113 Å². The van der Waals surface area contributed by atoms with Crippen molar-refractivity contribution in [1.29, 1.82) is 0 Å². The van der Waals surface area contributed by atoms with Crippen LogP contribution in [-0.4, -0.2) is 4.98 Å². The van der Waals surface area contributed by atoms with Gasteiger partial charge in [0.1, 0.15) is 11.6 Å². The summed E-state index contributed by atoms with van der Waals surface area (Å²) in [5.41, 5.74) is -0.148. The molecule has 6 heteroatoms. The third-order valence-corrected chi connectivity index (χ3v) is 2.80. The van der Waals surface area contributed by atoms with Gasteiger partial charge in [-0.3, -0.25) is 0 Å². The predicted molar refractivity (Wildman–Crippen MR) is 67.7 cm³/mol. The molecule has 0 amide bonds. The number of nitrogens with zero attached hydrogens (tertiary/aromatic N) is 1. The van der Waals surface area contributed by atoms with Crippen molar-refractivity contribution in [3.8, 4) is 0 Å². The molecule has 0 saturated carbocycles. The van der Waals surface area contributed by atoms with Gasteiger partial charge in [0.15, 0.2) is 0 Å². The summed E-state index contributed by atoms with van der Waals surface area (Å²) in [4.78, 5) is 3.84. The summed E-state index contributed by atoms with van der Waals surface area (Å²) in [6, 6.07) is 7.33. The van der Waals surface area contributed by atoms with Crippen molar-refractivity contribution in [3.05, 3.63) is 59.5 Å². The lowest BCUT2D eigenvalue weighted by molar-refractivity contribution is -0.137. The maximum atomic E-state index is 13.1. The zero-order valence-corrected chi connectivity index (χ0v) is 10.6. The first-order valence-electron chi connectivity index (χ1n) is 5.91. The second-order valence-electron chi connectivity index (χ2n) is 4.35. The van der Waals surface area contributed by atoms with Crippen LogP contribution in [0.3, 0.4) is 0 Å². The van der Waals surface area contributed by atoms with Gasteiger partial charge in [-0.15, -0.1) is 0 Å². The monoisotopic (exact) mass is 284 g/mol. The molecule has 1 aromatic heterocycles. The van der Waals surface area contributed by atoms with E-state index in [4.69, 9.17) is 0 Å². The number of pyridine rings is 1.